The summed E-state index contributed by atoms with van der Waals surface area (Å²) in [5, 5.41) is 0. The van der Waals surface area contributed by atoms with Crippen LogP contribution >= 0.6 is 0 Å². The second kappa shape index (κ2) is 2.27. The number of fused-ring (bicyclic) bond motifs is 2. The fourth-order valence-electron chi connectivity index (χ4n) is 1.70. The van der Waals surface area contributed by atoms with Gasteiger partial charge in [-0.1, -0.05) is 0 Å². The van der Waals surface area contributed by atoms with Gasteiger partial charge in [0.25, 0.3) is 0 Å². The van der Waals surface area contributed by atoms with E-state index in [1.807, 2.05) is 0 Å². The van der Waals surface area contributed by atoms with Crippen molar-refractivity contribution in [2.24, 2.45) is 5.92 Å². The molecule has 0 aromatic rings. The largest absolute Gasteiger partial charge is 0.380 e. The van der Waals surface area contributed by atoms with Crippen molar-refractivity contribution < 1.29 is 4.74 Å². The van der Waals surface area contributed by atoms with Crippen LogP contribution in [-0.4, -0.2) is 37.7 Å². The third-order valence-electron chi connectivity index (χ3n) is 2.28. The van der Waals surface area contributed by atoms with Crippen molar-refractivity contribution in [2.45, 2.75) is 6.42 Å². The first kappa shape index (κ1) is 5.69. The Morgan fingerprint density at radius 3 is 3.33 bits per heavy atom. The third kappa shape index (κ3) is 1.10. The standard InChI is InChI=1S/C7H13NO/c1-2-8-3-4-9-6-7(1)5-8/h7H,1-6H2. The average Bonchev–Trinajstić information content (AvgIpc) is 2.09. The Morgan fingerprint density at radius 1 is 1.33 bits per heavy atom. The maximum Gasteiger partial charge on any atom is 0.0593 e. The fraction of sp³-hybridized carbons (Fsp3) is 1.00. The number of ether oxygens (including phenoxy) is 1. The first-order valence-corrected chi connectivity index (χ1v) is 3.75. The Balaban J connectivity index is 1.99. The molecule has 2 heteroatoms. The molecule has 2 aliphatic heterocycles. The average molecular weight is 127 g/mol. The molecule has 9 heavy (non-hydrogen) atoms. The Hall–Kier alpha value is -0.0800. The quantitative estimate of drug-likeness (QED) is 0.465. The Morgan fingerprint density at radius 2 is 2.33 bits per heavy atom. The Labute approximate surface area is 55.8 Å². The lowest BCUT2D eigenvalue weighted by molar-refractivity contribution is 0.110. The molecule has 0 spiro atoms. The fourth-order valence-corrected chi connectivity index (χ4v) is 1.70. The molecule has 2 unspecified atom stereocenters. The van der Waals surface area contributed by atoms with Crippen LogP contribution in [-0.2, 0) is 4.74 Å². The maximum atomic E-state index is 5.39. The van der Waals surface area contributed by atoms with Crippen molar-refractivity contribution in [1.82, 2.24) is 4.90 Å². The van der Waals surface area contributed by atoms with Gasteiger partial charge in [0, 0.05) is 13.1 Å². The molecule has 2 aliphatic rings. The molecule has 0 aromatic carbocycles. The highest BCUT2D eigenvalue weighted by Gasteiger charge is 2.24. The molecule has 0 amide bonds. The topological polar surface area (TPSA) is 12.5 Å². The maximum absolute atomic E-state index is 5.39. The highest BCUT2D eigenvalue weighted by atomic mass is 16.5. The van der Waals surface area contributed by atoms with E-state index in [2.05, 4.69) is 4.90 Å². The lowest BCUT2D eigenvalue weighted by Crippen LogP contribution is -2.22. The summed E-state index contributed by atoms with van der Waals surface area (Å²) in [5.74, 6) is 0.854. The molecule has 0 saturated carbocycles. The molecular formula is C7H13NO. The second-order valence-corrected chi connectivity index (χ2v) is 3.03. The molecule has 2 rings (SSSR count). The number of hydrogen-bond acceptors (Lipinski definition) is 2. The number of rotatable bonds is 0. The van der Waals surface area contributed by atoms with Gasteiger partial charge in [0.05, 0.1) is 13.2 Å². The van der Waals surface area contributed by atoms with Crippen molar-refractivity contribution in [3.63, 3.8) is 0 Å². The Bertz CT molecular complexity index is 93.1. The molecule has 2 saturated heterocycles. The van der Waals surface area contributed by atoms with Crippen LogP contribution < -0.4 is 0 Å². The molecule has 2 fully saturated rings. The molecule has 0 radical (unpaired) electrons. The zero-order chi connectivity index (χ0) is 6.10. The molecule has 0 N–H and O–H groups in total. The smallest absolute Gasteiger partial charge is 0.0593 e. The summed E-state index contributed by atoms with van der Waals surface area (Å²) in [6.07, 6.45) is 1.36. The van der Waals surface area contributed by atoms with E-state index in [0.29, 0.717) is 0 Å². The minimum Gasteiger partial charge on any atom is -0.380 e. The van der Waals surface area contributed by atoms with Gasteiger partial charge in [0.2, 0.25) is 0 Å². The van der Waals surface area contributed by atoms with E-state index in [-0.39, 0.29) is 0 Å². The van der Waals surface area contributed by atoms with Crippen molar-refractivity contribution in [1.29, 1.82) is 0 Å². The van der Waals surface area contributed by atoms with Crippen LogP contribution in [0.15, 0.2) is 0 Å². The van der Waals surface area contributed by atoms with Crippen molar-refractivity contribution >= 4 is 0 Å². The molecule has 0 aliphatic carbocycles. The monoisotopic (exact) mass is 127 g/mol. The summed E-state index contributed by atoms with van der Waals surface area (Å²) in [5.41, 5.74) is 0. The van der Waals surface area contributed by atoms with Gasteiger partial charge < -0.3 is 9.64 Å². The van der Waals surface area contributed by atoms with E-state index in [4.69, 9.17) is 4.74 Å². The number of hydrogen-bond donors (Lipinski definition) is 0. The molecular weight excluding hydrogens is 114 g/mol. The summed E-state index contributed by atoms with van der Waals surface area (Å²) in [4.78, 5) is 2.50. The van der Waals surface area contributed by atoms with E-state index >= 15 is 0 Å². The first-order chi connectivity index (χ1) is 4.45. The SMILES string of the molecule is C1CN2CCC(CO1)C2. The zero-order valence-corrected chi connectivity index (χ0v) is 5.68. The van der Waals surface area contributed by atoms with Crippen molar-refractivity contribution in [3.05, 3.63) is 0 Å². The minimum atomic E-state index is 0.854. The highest BCUT2D eigenvalue weighted by molar-refractivity contribution is 4.77. The van der Waals surface area contributed by atoms with Crippen LogP contribution in [0.3, 0.4) is 0 Å². The van der Waals surface area contributed by atoms with Crippen LogP contribution in [0.5, 0.6) is 0 Å². The third-order valence-corrected chi connectivity index (χ3v) is 2.28. The van der Waals surface area contributed by atoms with Crippen LogP contribution in [0.2, 0.25) is 0 Å². The van der Waals surface area contributed by atoms with Crippen LogP contribution in [0.4, 0.5) is 0 Å². The minimum absolute atomic E-state index is 0.854. The zero-order valence-electron chi connectivity index (χ0n) is 5.68. The summed E-state index contributed by atoms with van der Waals surface area (Å²) in [7, 11) is 0. The normalized spacial score (nSPS) is 42.7. The first-order valence-electron chi connectivity index (χ1n) is 3.75. The van der Waals surface area contributed by atoms with Gasteiger partial charge in [-0.25, -0.2) is 0 Å². The van der Waals surface area contributed by atoms with Crippen LogP contribution in [0, 0.1) is 5.92 Å². The van der Waals surface area contributed by atoms with Gasteiger partial charge in [0.1, 0.15) is 0 Å². The van der Waals surface area contributed by atoms with E-state index in [0.717, 1.165) is 25.7 Å². The Kier molecular flexibility index (Phi) is 1.44. The van der Waals surface area contributed by atoms with E-state index in [1.54, 1.807) is 0 Å². The molecule has 2 bridgehead atoms. The van der Waals surface area contributed by atoms with Gasteiger partial charge in [-0.15, -0.1) is 0 Å². The highest BCUT2D eigenvalue weighted by Crippen LogP contribution is 2.18. The molecule has 2 nitrogen and oxygen atoms in total. The lowest BCUT2D eigenvalue weighted by atomic mass is 10.1. The van der Waals surface area contributed by atoms with Crippen molar-refractivity contribution in [2.75, 3.05) is 32.8 Å². The summed E-state index contributed by atoms with van der Waals surface area (Å²) >= 11 is 0. The van der Waals surface area contributed by atoms with Crippen molar-refractivity contribution in [3.8, 4) is 0 Å². The predicted octanol–water partition coefficient (Wildman–Crippen LogP) is 0.339. The summed E-state index contributed by atoms with van der Waals surface area (Å²) in [6.45, 7) is 5.73. The van der Waals surface area contributed by atoms with Gasteiger partial charge in [0.15, 0.2) is 0 Å². The lowest BCUT2D eigenvalue weighted by Gasteiger charge is -2.11. The number of nitrogens with zero attached hydrogens (tertiary/aromatic N) is 1. The van der Waals surface area contributed by atoms with Crippen LogP contribution in [0.1, 0.15) is 6.42 Å². The van der Waals surface area contributed by atoms with Gasteiger partial charge in [-0.2, -0.15) is 0 Å². The second-order valence-electron chi connectivity index (χ2n) is 3.03. The predicted molar refractivity (Wildman–Crippen MR) is 35.4 cm³/mol. The molecule has 2 atom stereocenters. The van der Waals surface area contributed by atoms with E-state index in [9.17, 15) is 0 Å². The van der Waals surface area contributed by atoms with Gasteiger partial charge in [-0.05, 0) is 18.9 Å². The summed E-state index contributed by atoms with van der Waals surface area (Å²) < 4.78 is 5.39. The molecule has 0 aromatic heterocycles. The van der Waals surface area contributed by atoms with Gasteiger partial charge >= 0.3 is 0 Å². The molecule has 52 valence electrons. The van der Waals surface area contributed by atoms with Gasteiger partial charge in [-0.3, -0.25) is 0 Å². The van der Waals surface area contributed by atoms with E-state index < -0.39 is 0 Å². The molecule has 2 heterocycles. The van der Waals surface area contributed by atoms with E-state index in [1.165, 1.54) is 19.5 Å². The summed E-state index contributed by atoms with van der Waals surface area (Å²) in [6, 6.07) is 0. The van der Waals surface area contributed by atoms with Crippen LogP contribution in [0.25, 0.3) is 0 Å².